The van der Waals surface area contributed by atoms with Crippen LogP contribution in [-0.4, -0.2) is 38.1 Å². The second-order valence-electron chi connectivity index (χ2n) is 13.7. The van der Waals surface area contributed by atoms with E-state index < -0.39 is 0 Å². The summed E-state index contributed by atoms with van der Waals surface area (Å²) >= 11 is 0. The van der Waals surface area contributed by atoms with Gasteiger partial charge in [0.1, 0.15) is 0 Å². The summed E-state index contributed by atoms with van der Waals surface area (Å²) in [5.74, 6) is 4.11. The normalized spacial score (nSPS) is 54.7. The van der Waals surface area contributed by atoms with Crippen LogP contribution < -0.4 is 0 Å². The highest BCUT2D eigenvalue weighted by Gasteiger charge is 2.69. The van der Waals surface area contributed by atoms with Crippen molar-refractivity contribution in [3.8, 4) is 0 Å². The van der Waals surface area contributed by atoms with Gasteiger partial charge in [0.05, 0.1) is 11.5 Å². The lowest BCUT2D eigenvalue weighted by Crippen LogP contribution is -2.66. The first kappa shape index (κ1) is 23.2. The molecular formula is C29H49NO2. The number of hydrogen-bond acceptors (Lipinski definition) is 2. The molecule has 0 saturated heterocycles. The fraction of sp³-hybridized carbons (Fsp3) is 0.966. The smallest absolute Gasteiger partial charge is 0.228 e. The van der Waals surface area contributed by atoms with Crippen LogP contribution in [0.3, 0.4) is 0 Å². The Morgan fingerprint density at radius 3 is 2.25 bits per heavy atom. The summed E-state index contributed by atoms with van der Waals surface area (Å²) in [6, 6.07) is 0. The van der Waals surface area contributed by atoms with Gasteiger partial charge in [-0.05, 0) is 110 Å². The molecular weight excluding hydrogens is 394 g/mol. The standard InChI is InChI=1S/C29H49NO2/c1-19-20-12-16-28(4)24(26(20,2)15-13-23(19)32-7)11-10-21-22-9-8-14-29(22,25(31)30(5)6)18-17-27(21,28)3/h19-24H,8-18H2,1-7H3/t19?,20?,21?,22-,23?,24?,26?,27-,28?,29?/m1/s1. The van der Waals surface area contributed by atoms with E-state index in [4.69, 9.17) is 4.74 Å². The number of hydrogen-bond donors (Lipinski definition) is 0. The molecule has 0 radical (unpaired) electrons. The molecule has 182 valence electrons. The maximum Gasteiger partial charge on any atom is 0.228 e. The molecule has 0 aromatic heterocycles. The monoisotopic (exact) mass is 443 g/mol. The highest BCUT2D eigenvalue weighted by molar-refractivity contribution is 5.83. The average Bonchev–Trinajstić information content (AvgIpc) is 3.19. The Bertz CT molecular complexity index is 764. The SMILES string of the molecule is COC1CCC2(C)C(CCC3(C)C2CCC2[C@H]4CCCC4(C(=O)N(C)C)CC[C@]23C)C1C. The van der Waals surface area contributed by atoms with Gasteiger partial charge in [-0.25, -0.2) is 0 Å². The first-order chi connectivity index (χ1) is 15.0. The first-order valence-corrected chi connectivity index (χ1v) is 13.8. The Kier molecular flexibility index (Phi) is 5.41. The minimum atomic E-state index is -0.0526. The molecule has 5 rings (SSSR count). The molecule has 32 heavy (non-hydrogen) atoms. The van der Waals surface area contributed by atoms with Crippen molar-refractivity contribution in [1.82, 2.24) is 4.90 Å². The van der Waals surface area contributed by atoms with E-state index in [0.29, 0.717) is 40.1 Å². The molecule has 0 aromatic carbocycles. The van der Waals surface area contributed by atoms with E-state index in [0.717, 1.165) is 30.6 Å². The Labute approximate surface area is 197 Å². The molecule has 0 N–H and O–H groups in total. The summed E-state index contributed by atoms with van der Waals surface area (Å²) in [4.78, 5) is 15.4. The van der Waals surface area contributed by atoms with Gasteiger partial charge in [-0.2, -0.15) is 0 Å². The van der Waals surface area contributed by atoms with Crippen LogP contribution in [0.25, 0.3) is 0 Å². The van der Waals surface area contributed by atoms with E-state index in [1.807, 2.05) is 26.1 Å². The topological polar surface area (TPSA) is 29.5 Å². The Morgan fingerprint density at radius 2 is 1.56 bits per heavy atom. The summed E-state index contributed by atoms with van der Waals surface area (Å²) in [7, 11) is 5.89. The number of carbonyl (C=O) groups is 1. The van der Waals surface area contributed by atoms with Crippen molar-refractivity contribution in [2.75, 3.05) is 21.2 Å². The van der Waals surface area contributed by atoms with Crippen molar-refractivity contribution in [1.29, 1.82) is 0 Å². The lowest BCUT2D eigenvalue weighted by Gasteiger charge is -2.71. The molecule has 5 fully saturated rings. The molecule has 3 heteroatoms. The number of nitrogens with zero attached hydrogens (tertiary/aromatic N) is 1. The Morgan fingerprint density at radius 1 is 0.812 bits per heavy atom. The first-order valence-electron chi connectivity index (χ1n) is 13.8. The van der Waals surface area contributed by atoms with Gasteiger partial charge in [0.2, 0.25) is 5.91 Å². The fourth-order valence-electron chi connectivity index (χ4n) is 11.3. The van der Waals surface area contributed by atoms with Gasteiger partial charge in [-0.1, -0.05) is 34.1 Å². The predicted octanol–water partition coefficient (Wildman–Crippen LogP) is 6.55. The minimum Gasteiger partial charge on any atom is -0.381 e. The van der Waals surface area contributed by atoms with Crippen LogP contribution in [0.4, 0.5) is 0 Å². The maximum absolute atomic E-state index is 13.5. The van der Waals surface area contributed by atoms with Crippen LogP contribution >= 0.6 is 0 Å². The Balaban J connectivity index is 1.49. The molecule has 0 bridgehead atoms. The quantitative estimate of drug-likeness (QED) is 0.484. The zero-order chi connectivity index (χ0) is 23.1. The van der Waals surface area contributed by atoms with Gasteiger partial charge in [0, 0.05) is 21.2 Å². The molecule has 0 aliphatic heterocycles. The molecule has 1 amide bonds. The number of amides is 1. The fourth-order valence-corrected chi connectivity index (χ4v) is 11.3. The Hall–Kier alpha value is -0.570. The number of fused-ring (bicyclic) bond motifs is 7. The van der Waals surface area contributed by atoms with E-state index in [-0.39, 0.29) is 5.41 Å². The van der Waals surface area contributed by atoms with Crippen molar-refractivity contribution in [2.24, 2.45) is 51.2 Å². The molecule has 5 saturated carbocycles. The second kappa shape index (κ2) is 7.46. The van der Waals surface area contributed by atoms with E-state index in [2.05, 4.69) is 27.7 Å². The van der Waals surface area contributed by atoms with E-state index in [1.54, 1.807) is 0 Å². The highest BCUT2D eigenvalue weighted by atomic mass is 16.5. The van der Waals surface area contributed by atoms with Gasteiger partial charge < -0.3 is 9.64 Å². The molecule has 8 unspecified atom stereocenters. The molecule has 0 spiro atoms. The van der Waals surface area contributed by atoms with Gasteiger partial charge in [0.15, 0.2) is 0 Å². The lowest BCUT2D eigenvalue weighted by atomic mass is 9.33. The largest absolute Gasteiger partial charge is 0.381 e. The molecule has 0 aromatic rings. The third kappa shape index (κ3) is 2.73. The van der Waals surface area contributed by atoms with Gasteiger partial charge >= 0.3 is 0 Å². The van der Waals surface area contributed by atoms with Crippen molar-refractivity contribution in [3.63, 3.8) is 0 Å². The summed E-state index contributed by atoms with van der Waals surface area (Å²) in [5, 5.41) is 0. The third-order valence-corrected chi connectivity index (χ3v) is 13.0. The van der Waals surface area contributed by atoms with E-state index in [1.165, 1.54) is 57.8 Å². The lowest BCUT2D eigenvalue weighted by molar-refractivity contribution is -0.234. The number of methoxy groups -OCH3 is 1. The van der Waals surface area contributed by atoms with Crippen LogP contribution in [0.2, 0.25) is 0 Å². The molecule has 0 heterocycles. The maximum atomic E-state index is 13.5. The summed E-state index contributed by atoms with van der Waals surface area (Å²) in [5.41, 5.74) is 1.20. The van der Waals surface area contributed by atoms with Crippen molar-refractivity contribution in [2.45, 2.75) is 104 Å². The minimum absolute atomic E-state index is 0.0526. The average molecular weight is 444 g/mol. The van der Waals surface area contributed by atoms with Crippen LogP contribution in [0.15, 0.2) is 0 Å². The summed E-state index contributed by atoms with van der Waals surface area (Å²) < 4.78 is 5.93. The summed E-state index contributed by atoms with van der Waals surface area (Å²) in [6.45, 7) is 10.5. The van der Waals surface area contributed by atoms with E-state index in [9.17, 15) is 4.79 Å². The van der Waals surface area contributed by atoms with Crippen molar-refractivity contribution < 1.29 is 9.53 Å². The van der Waals surface area contributed by atoms with Crippen LogP contribution in [0.5, 0.6) is 0 Å². The zero-order valence-corrected chi connectivity index (χ0v) is 22.0. The molecule has 5 aliphatic carbocycles. The number of rotatable bonds is 2. The van der Waals surface area contributed by atoms with Crippen LogP contribution in [0.1, 0.15) is 98.3 Å². The van der Waals surface area contributed by atoms with Crippen LogP contribution in [-0.2, 0) is 9.53 Å². The third-order valence-electron chi connectivity index (χ3n) is 13.0. The van der Waals surface area contributed by atoms with Crippen molar-refractivity contribution >= 4 is 5.91 Å². The van der Waals surface area contributed by atoms with Gasteiger partial charge in [0.25, 0.3) is 0 Å². The predicted molar refractivity (Wildman–Crippen MR) is 130 cm³/mol. The summed E-state index contributed by atoms with van der Waals surface area (Å²) in [6.07, 6.45) is 14.6. The van der Waals surface area contributed by atoms with Crippen LogP contribution in [0, 0.1) is 51.2 Å². The van der Waals surface area contributed by atoms with Gasteiger partial charge in [-0.3, -0.25) is 4.79 Å². The van der Waals surface area contributed by atoms with Gasteiger partial charge in [-0.15, -0.1) is 0 Å². The zero-order valence-electron chi connectivity index (χ0n) is 22.0. The highest BCUT2D eigenvalue weighted by Crippen LogP contribution is 2.76. The molecule has 5 aliphatic rings. The molecule has 10 atom stereocenters. The number of ether oxygens (including phenoxy) is 1. The van der Waals surface area contributed by atoms with E-state index >= 15 is 0 Å². The second-order valence-corrected chi connectivity index (χ2v) is 13.7. The van der Waals surface area contributed by atoms with Crippen molar-refractivity contribution in [3.05, 3.63) is 0 Å². The number of carbonyl (C=O) groups excluding carboxylic acids is 1. The molecule has 3 nitrogen and oxygen atoms in total.